The van der Waals surface area contributed by atoms with Crippen LogP contribution < -0.4 is 10.9 Å². The molecule has 0 spiro atoms. The lowest BCUT2D eigenvalue weighted by molar-refractivity contribution is -0.122. The van der Waals surface area contributed by atoms with Crippen LogP contribution in [0, 0.1) is 6.92 Å². The Kier molecular flexibility index (Phi) is 6.03. The third kappa shape index (κ3) is 4.45. The standard InChI is InChI=1S/C25H24N4O2S2/c1-16-9-11-17(12-10-16)15-29-24(31)20(33-25(29)32)14-19-22(26-18-6-2-3-7-18)27-21-8-4-5-13-28(21)23(19)30/h4-5,8-14,18,26H,2-3,6-7,15H2,1H3. The molecule has 1 aliphatic carbocycles. The highest BCUT2D eigenvalue weighted by molar-refractivity contribution is 8.26. The van der Waals surface area contributed by atoms with Crippen LogP contribution in [0.5, 0.6) is 0 Å². The first kappa shape index (κ1) is 21.9. The van der Waals surface area contributed by atoms with Crippen molar-refractivity contribution < 1.29 is 4.79 Å². The number of hydrogen-bond donors (Lipinski definition) is 1. The number of amides is 1. The largest absolute Gasteiger partial charge is 0.367 e. The second-order valence-corrected chi connectivity index (χ2v) is 10.2. The fourth-order valence-electron chi connectivity index (χ4n) is 4.25. The molecule has 8 heteroatoms. The Hall–Kier alpha value is -2.97. The lowest BCUT2D eigenvalue weighted by Crippen LogP contribution is -2.27. The number of benzene rings is 1. The van der Waals surface area contributed by atoms with Gasteiger partial charge in [0.1, 0.15) is 15.8 Å². The lowest BCUT2D eigenvalue weighted by Gasteiger charge is -2.16. The number of thiocarbonyl (C=S) groups is 1. The maximum Gasteiger partial charge on any atom is 0.267 e. The number of nitrogens with zero attached hydrogens (tertiary/aromatic N) is 3. The van der Waals surface area contributed by atoms with Gasteiger partial charge in [0.15, 0.2) is 0 Å². The summed E-state index contributed by atoms with van der Waals surface area (Å²) in [5.41, 5.74) is 2.93. The number of carbonyl (C=O) groups is 1. The van der Waals surface area contributed by atoms with Crippen LogP contribution in [-0.4, -0.2) is 30.6 Å². The molecule has 0 unspecified atom stereocenters. The monoisotopic (exact) mass is 476 g/mol. The Morgan fingerprint density at radius 2 is 1.91 bits per heavy atom. The van der Waals surface area contributed by atoms with Gasteiger partial charge in [0.25, 0.3) is 11.5 Å². The van der Waals surface area contributed by atoms with Crippen LogP contribution in [0.25, 0.3) is 11.7 Å². The van der Waals surface area contributed by atoms with Crippen LogP contribution in [-0.2, 0) is 11.3 Å². The van der Waals surface area contributed by atoms with E-state index < -0.39 is 0 Å². The Labute approximate surface area is 201 Å². The summed E-state index contributed by atoms with van der Waals surface area (Å²) >= 11 is 6.74. The number of fused-ring (bicyclic) bond motifs is 1. The van der Waals surface area contributed by atoms with Gasteiger partial charge in [-0.25, -0.2) is 4.98 Å². The number of hydrogen-bond acceptors (Lipinski definition) is 6. The minimum absolute atomic E-state index is 0.185. The smallest absolute Gasteiger partial charge is 0.267 e. The van der Waals surface area contributed by atoms with Crippen LogP contribution >= 0.6 is 24.0 Å². The molecule has 3 aromatic rings. The highest BCUT2D eigenvalue weighted by Crippen LogP contribution is 2.34. The van der Waals surface area contributed by atoms with E-state index in [1.807, 2.05) is 43.3 Å². The zero-order valence-corrected chi connectivity index (χ0v) is 19.9. The molecule has 2 fully saturated rings. The van der Waals surface area contributed by atoms with Gasteiger partial charge in [0.2, 0.25) is 0 Å². The predicted octanol–water partition coefficient (Wildman–Crippen LogP) is 4.76. The summed E-state index contributed by atoms with van der Waals surface area (Å²) < 4.78 is 2.00. The number of nitrogens with one attached hydrogen (secondary N) is 1. The van der Waals surface area contributed by atoms with E-state index in [0.29, 0.717) is 32.8 Å². The molecule has 168 valence electrons. The number of rotatable bonds is 5. The van der Waals surface area contributed by atoms with E-state index >= 15 is 0 Å². The van der Waals surface area contributed by atoms with Crippen LogP contribution in [0.3, 0.4) is 0 Å². The van der Waals surface area contributed by atoms with E-state index in [0.717, 1.165) is 36.8 Å². The van der Waals surface area contributed by atoms with E-state index in [1.165, 1.54) is 16.2 Å². The molecule has 1 amide bonds. The Balaban J connectivity index is 1.51. The van der Waals surface area contributed by atoms with Gasteiger partial charge in [0.05, 0.1) is 17.0 Å². The average Bonchev–Trinajstić information content (AvgIpc) is 3.41. The third-order valence-electron chi connectivity index (χ3n) is 6.08. The Morgan fingerprint density at radius 1 is 1.15 bits per heavy atom. The number of aryl methyl sites for hydroxylation is 1. The number of aromatic nitrogens is 2. The number of anilines is 1. The summed E-state index contributed by atoms with van der Waals surface area (Å²) in [6.45, 7) is 2.43. The van der Waals surface area contributed by atoms with Crippen molar-refractivity contribution in [2.24, 2.45) is 0 Å². The summed E-state index contributed by atoms with van der Waals surface area (Å²) in [5, 5.41) is 3.46. The van der Waals surface area contributed by atoms with Crippen molar-refractivity contribution in [3.8, 4) is 0 Å². The molecule has 2 aromatic heterocycles. The molecule has 1 saturated carbocycles. The Morgan fingerprint density at radius 3 is 2.67 bits per heavy atom. The van der Waals surface area contributed by atoms with Crippen molar-refractivity contribution in [2.45, 2.75) is 45.2 Å². The van der Waals surface area contributed by atoms with Gasteiger partial charge in [0, 0.05) is 12.2 Å². The normalized spacial score (nSPS) is 18.1. The van der Waals surface area contributed by atoms with E-state index in [-0.39, 0.29) is 17.5 Å². The molecule has 0 bridgehead atoms. The molecule has 1 N–H and O–H groups in total. The molecule has 0 radical (unpaired) electrons. The summed E-state index contributed by atoms with van der Waals surface area (Å²) in [6, 6.07) is 13.8. The fourth-order valence-corrected chi connectivity index (χ4v) is 5.49. The van der Waals surface area contributed by atoms with Crippen molar-refractivity contribution in [1.82, 2.24) is 14.3 Å². The molecule has 0 atom stereocenters. The van der Waals surface area contributed by atoms with Gasteiger partial charge in [-0.3, -0.25) is 18.9 Å². The summed E-state index contributed by atoms with van der Waals surface area (Å²) in [7, 11) is 0. The van der Waals surface area contributed by atoms with Gasteiger partial charge in [-0.05, 0) is 43.5 Å². The van der Waals surface area contributed by atoms with E-state index in [1.54, 1.807) is 23.2 Å². The molecule has 33 heavy (non-hydrogen) atoms. The van der Waals surface area contributed by atoms with Gasteiger partial charge in [-0.15, -0.1) is 0 Å². The molecular formula is C25H24N4O2S2. The molecule has 1 aliphatic heterocycles. The predicted molar refractivity (Wildman–Crippen MR) is 137 cm³/mol. The molecule has 3 heterocycles. The molecule has 2 aliphatic rings. The zero-order valence-electron chi connectivity index (χ0n) is 18.3. The second kappa shape index (κ2) is 9.11. The molecule has 1 saturated heterocycles. The third-order valence-corrected chi connectivity index (χ3v) is 7.45. The van der Waals surface area contributed by atoms with Crippen LogP contribution in [0.2, 0.25) is 0 Å². The summed E-state index contributed by atoms with van der Waals surface area (Å²) in [4.78, 5) is 33.3. The van der Waals surface area contributed by atoms with Crippen molar-refractivity contribution in [1.29, 1.82) is 0 Å². The summed E-state index contributed by atoms with van der Waals surface area (Å²) in [6.07, 6.45) is 7.78. The second-order valence-electron chi connectivity index (χ2n) is 8.49. The average molecular weight is 477 g/mol. The van der Waals surface area contributed by atoms with Gasteiger partial charge < -0.3 is 5.32 Å². The molecule has 6 nitrogen and oxygen atoms in total. The summed E-state index contributed by atoms with van der Waals surface area (Å²) in [5.74, 6) is 0.344. The molecule has 1 aromatic carbocycles. The van der Waals surface area contributed by atoms with Crippen molar-refractivity contribution in [3.05, 3.63) is 80.6 Å². The number of carbonyl (C=O) groups excluding carboxylic acids is 1. The van der Waals surface area contributed by atoms with Crippen LogP contribution in [0.4, 0.5) is 5.82 Å². The maximum absolute atomic E-state index is 13.4. The fraction of sp³-hybridized carbons (Fsp3) is 0.280. The SMILES string of the molecule is Cc1ccc(CN2C(=O)C(=Cc3c(NC4CCCC4)nc4ccccn4c3=O)SC2=S)cc1. The highest BCUT2D eigenvalue weighted by Gasteiger charge is 2.33. The molecule has 5 rings (SSSR count). The first-order chi connectivity index (χ1) is 16.0. The zero-order chi connectivity index (χ0) is 22.9. The van der Waals surface area contributed by atoms with Gasteiger partial charge >= 0.3 is 0 Å². The maximum atomic E-state index is 13.4. The quantitative estimate of drug-likeness (QED) is 0.423. The van der Waals surface area contributed by atoms with E-state index in [9.17, 15) is 9.59 Å². The topological polar surface area (TPSA) is 66.7 Å². The number of pyridine rings is 1. The highest BCUT2D eigenvalue weighted by atomic mass is 32.2. The minimum atomic E-state index is -0.204. The molecular weight excluding hydrogens is 452 g/mol. The number of thioether (sulfide) groups is 1. The Bertz CT molecular complexity index is 1320. The van der Waals surface area contributed by atoms with Crippen molar-refractivity contribution >= 4 is 51.7 Å². The minimum Gasteiger partial charge on any atom is -0.367 e. The van der Waals surface area contributed by atoms with Crippen LogP contribution in [0.15, 0.2) is 58.4 Å². The van der Waals surface area contributed by atoms with Crippen molar-refractivity contribution in [2.75, 3.05) is 5.32 Å². The lowest BCUT2D eigenvalue weighted by atomic mass is 10.1. The first-order valence-corrected chi connectivity index (χ1v) is 12.3. The van der Waals surface area contributed by atoms with Gasteiger partial charge in [-0.1, -0.05) is 72.7 Å². The van der Waals surface area contributed by atoms with E-state index in [4.69, 9.17) is 17.2 Å². The van der Waals surface area contributed by atoms with Crippen LogP contribution in [0.1, 0.15) is 42.4 Å². The van der Waals surface area contributed by atoms with Crippen molar-refractivity contribution in [3.63, 3.8) is 0 Å². The first-order valence-electron chi connectivity index (χ1n) is 11.1. The van der Waals surface area contributed by atoms with E-state index in [2.05, 4.69) is 5.32 Å². The van der Waals surface area contributed by atoms with Gasteiger partial charge in [-0.2, -0.15) is 0 Å².